The van der Waals surface area contributed by atoms with Crippen molar-refractivity contribution in [1.82, 2.24) is 0 Å². The van der Waals surface area contributed by atoms with Crippen LogP contribution >= 0.6 is 15.6 Å². The summed E-state index contributed by atoms with van der Waals surface area (Å²) in [5, 5.41) is 10.6. The molecular weight excluding hydrogens is 1260 g/mol. The second kappa shape index (κ2) is 68.8. The van der Waals surface area contributed by atoms with Crippen LogP contribution in [0.25, 0.3) is 0 Å². The van der Waals surface area contributed by atoms with E-state index in [1.54, 1.807) is 0 Å². The van der Waals surface area contributed by atoms with Crippen LogP contribution in [0, 0.1) is 11.8 Å². The van der Waals surface area contributed by atoms with Crippen LogP contribution in [0.1, 0.15) is 401 Å². The lowest BCUT2D eigenvalue weighted by Gasteiger charge is -2.21. The zero-order valence-corrected chi connectivity index (χ0v) is 64.5. The minimum atomic E-state index is -4.96. The summed E-state index contributed by atoms with van der Waals surface area (Å²) >= 11 is 0. The van der Waals surface area contributed by atoms with Gasteiger partial charge in [-0.05, 0) is 37.5 Å². The lowest BCUT2D eigenvalue weighted by atomic mass is 9.99. The molecule has 0 amide bonds. The minimum absolute atomic E-state index is 0.105. The van der Waals surface area contributed by atoms with Crippen LogP contribution in [0.4, 0.5) is 0 Å². The van der Waals surface area contributed by atoms with Crippen molar-refractivity contribution in [3.05, 3.63) is 0 Å². The molecule has 0 heterocycles. The summed E-state index contributed by atoms with van der Waals surface area (Å²) in [6.07, 6.45) is 56.8. The van der Waals surface area contributed by atoms with Gasteiger partial charge in [0, 0.05) is 25.7 Å². The Morgan fingerprint density at radius 3 is 0.792 bits per heavy atom. The zero-order chi connectivity index (χ0) is 70.7. The summed E-state index contributed by atoms with van der Waals surface area (Å²) < 4.78 is 68.6. The highest BCUT2D eigenvalue weighted by Gasteiger charge is 2.30. The summed E-state index contributed by atoms with van der Waals surface area (Å²) in [4.78, 5) is 72.9. The highest BCUT2D eigenvalue weighted by atomic mass is 31.2. The third kappa shape index (κ3) is 69.2. The summed E-state index contributed by atoms with van der Waals surface area (Å²) in [6.45, 7) is 9.57. The average molecular weight is 1410 g/mol. The van der Waals surface area contributed by atoms with E-state index in [4.69, 9.17) is 37.0 Å². The molecule has 17 nitrogen and oxygen atoms in total. The number of unbranched alkanes of at least 4 members (excludes halogenated alkanes) is 45. The number of aliphatic hydroxyl groups excluding tert-OH is 1. The second-order valence-electron chi connectivity index (χ2n) is 28.5. The molecule has 0 saturated carbocycles. The minimum Gasteiger partial charge on any atom is -0.462 e. The van der Waals surface area contributed by atoms with E-state index in [0.29, 0.717) is 25.7 Å². The predicted octanol–water partition coefficient (Wildman–Crippen LogP) is 22.7. The third-order valence-corrected chi connectivity index (χ3v) is 20.2. The van der Waals surface area contributed by atoms with Crippen molar-refractivity contribution in [3.63, 3.8) is 0 Å². The van der Waals surface area contributed by atoms with Crippen molar-refractivity contribution in [2.75, 3.05) is 39.6 Å². The highest BCUT2D eigenvalue weighted by Crippen LogP contribution is 2.45. The van der Waals surface area contributed by atoms with Crippen molar-refractivity contribution >= 4 is 39.5 Å². The first-order chi connectivity index (χ1) is 46.4. The van der Waals surface area contributed by atoms with Gasteiger partial charge in [0.25, 0.3) is 0 Å². The molecule has 0 fully saturated rings. The molecule has 0 aromatic rings. The number of rotatable bonds is 76. The van der Waals surface area contributed by atoms with Crippen LogP contribution in [0.3, 0.4) is 0 Å². The van der Waals surface area contributed by atoms with Crippen molar-refractivity contribution < 1.29 is 80.2 Å². The Bertz CT molecular complexity index is 1860. The standard InChI is InChI=1S/C77H150O17P2/c1-7-10-12-14-16-18-20-22-24-26-28-30-32-34-43-49-55-61-76(81)93-72(65-87-74(79)59-53-47-41-33-31-29-27-25-23-21-19-17-15-13-11-8-2)67-91-95(83,84)89-63-71(78)64-90-96(85,86)92-68-73(66-88-75(80)60-54-48-42-37-35-39-45-51-57-69(4)5)94-77(82)62-56-50-44-38-36-40-46-52-58-70(6)9-3/h69-73,78H,7-68H2,1-6H3,(H,83,84)(H,85,86)/t70?,71-,72-,73-/m1/s1. The van der Waals surface area contributed by atoms with E-state index in [2.05, 4.69) is 41.5 Å². The van der Waals surface area contributed by atoms with Gasteiger partial charge in [-0.15, -0.1) is 0 Å². The molecule has 6 atom stereocenters. The number of ether oxygens (including phenoxy) is 4. The number of hydrogen-bond acceptors (Lipinski definition) is 15. The molecule has 0 spiro atoms. The zero-order valence-electron chi connectivity index (χ0n) is 62.7. The van der Waals surface area contributed by atoms with Gasteiger partial charge in [-0.25, -0.2) is 9.13 Å². The molecule has 0 rings (SSSR count). The molecule has 96 heavy (non-hydrogen) atoms. The van der Waals surface area contributed by atoms with Gasteiger partial charge < -0.3 is 33.8 Å². The van der Waals surface area contributed by atoms with E-state index in [1.807, 2.05) is 0 Å². The maximum absolute atomic E-state index is 13.1. The van der Waals surface area contributed by atoms with Gasteiger partial charge in [-0.1, -0.05) is 350 Å². The first kappa shape index (κ1) is 94.1. The molecule has 570 valence electrons. The topological polar surface area (TPSA) is 237 Å². The Morgan fingerprint density at radius 2 is 0.531 bits per heavy atom. The van der Waals surface area contributed by atoms with Gasteiger partial charge in [0.1, 0.15) is 19.3 Å². The van der Waals surface area contributed by atoms with Gasteiger partial charge in [0.2, 0.25) is 0 Å². The number of aliphatic hydroxyl groups is 1. The van der Waals surface area contributed by atoms with Gasteiger partial charge >= 0.3 is 39.5 Å². The molecule has 0 aromatic carbocycles. The molecule has 0 aromatic heterocycles. The Kier molecular flexibility index (Phi) is 67.4. The van der Waals surface area contributed by atoms with Gasteiger partial charge in [-0.3, -0.25) is 37.3 Å². The highest BCUT2D eigenvalue weighted by molar-refractivity contribution is 7.47. The predicted molar refractivity (Wildman–Crippen MR) is 391 cm³/mol. The summed E-state index contributed by atoms with van der Waals surface area (Å²) in [6, 6.07) is 0. The SMILES string of the molecule is CCCCCCCCCCCCCCCCCCCC(=O)O[C@H](COC(=O)CCCCCCCCCCCCCCCCCC)COP(=O)(O)OC[C@@H](O)COP(=O)(O)OC[C@@H](COC(=O)CCCCCCCCCCC(C)C)OC(=O)CCCCCCCCCCC(C)CC. The molecule has 0 saturated heterocycles. The first-order valence-electron chi connectivity index (χ1n) is 40.0. The fourth-order valence-corrected chi connectivity index (χ4v) is 13.4. The van der Waals surface area contributed by atoms with E-state index in [0.717, 1.165) is 102 Å². The molecule has 0 aliphatic rings. The van der Waals surface area contributed by atoms with Crippen LogP contribution < -0.4 is 0 Å². The summed E-state index contributed by atoms with van der Waals surface area (Å²) in [5.41, 5.74) is 0. The van der Waals surface area contributed by atoms with Crippen LogP contribution in [0.2, 0.25) is 0 Å². The Hall–Kier alpha value is -1.94. The van der Waals surface area contributed by atoms with Gasteiger partial charge in [-0.2, -0.15) is 0 Å². The molecule has 0 aliphatic heterocycles. The average Bonchev–Trinajstić information content (AvgIpc) is 1.19. The number of carbonyl (C=O) groups excluding carboxylic acids is 4. The largest absolute Gasteiger partial charge is 0.472 e. The number of phosphoric acid groups is 2. The summed E-state index contributed by atoms with van der Waals surface area (Å²) in [7, 11) is -9.91. The van der Waals surface area contributed by atoms with E-state index in [9.17, 15) is 43.2 Å². The van der Waals surface area contributed by atoms with Crippen molar-refractivity contribution in [1.29, 1.82) is 0 Å². The third-order valence-electron chi connectivity index (χ3n) is 18.3. The molecule has 19 heteroatoms. The van der Waals surface area contributed by atoms with Crippen LogP contribution in [-0.4, -0.2) is 96.7 Å². The van der Waals surface area contributed by atoms with Gasteiger partial charge in [0.05, 0.1) is 26.4 Å². The monoisotopic (exact) mass is 1410 g/mol. The Morgan fingerprint density at radius 1 is 0.302 bits per heavy atom. The fraction of sp³-hybridized carbons (Fsp3) is 0.948. The van der Waals surface area contributed by atoms with Crippen molar-refractivity contribution in [2.24, 2.45) is 11.8 Å². The van der Waals surface area contributed by atoms with E-state index >= 15 is 0 Å². The number of hydrogen-bond donors (Lipinski definition) is 3. The number of esters is 4. The van der Waals surface area contributed by atoms with Crippen LogP contribution in [0.15, 0.2) is 0 Å². The quantitative estimate of drug-likeness (QED) is 0.0222. The van der Waals surface area contributed by atoms with E-state index in [1.165, 1.54) is 218 Å². The van der Waals surface area contributed by atoms with E-state index in [-0.39, 0.29) is 25.7 Å². The molecular formula is C77H150O17P2. The fourth-order valence-electron chi connectivity index (χ4n) is 11.8. The molecule has 0 radical (unpaired) electrons. The summed E-state index contributed by atoms with van der Waals surface area (Å²) in [5.74, 6) is -0.619. The Balaban J connectivity index is 5.25. The molecule has 0 aliphatic carbocycles. The maximum atomic E-state index is 13.1. The first-order valence-corrected chi connectivity index (χ1v) is 43.0. The number of phosphoric ester groups is 2. The molecule has 3 N–H and O–H groups in total. The molecule has 0 bridgehead atoms. The van der Waals surface area contributed by atoms with Crippen LogP contribution in [-0.2, 0) is 65.4 Å². The van der Waals surface area contributed by atoms with Crippen molar-refractivity contribution in [3.8, 4) is 0 Å². The number of carbonyl (C=O) groups is 4. The smallest absolute Gasteiger partial charge is 0.462 e. The normalized spacial score (nSPS) is 14.3. The maximum Gasteiger partial charge on any atom is 0.472 e. The van der Waals surface area contributed by atoms with Crippen LogP contribution in [0.5, 0.6) is 0 Å². The lowest BCUT2D eigenvalue weighted by Crippen LogP contribution is -2.30. The van der Waals surface area contributed by atoms with E-state index < -0.39 is 97.5 Å². The van der Waals surface area contributed by atoms with Crippen molar-refractivity contribution in [2.45, 2.75) is 419 Å². The Labute approximate surface area is 588 Å². The molecule has 3 unspecified atom stereocenters. The van der Waals surface area contributed by atoms with Gasteiger partial charge in [0.15, 0.2) is 12.2 Å². The lowest BCUT2D eigenvalue weighted by molar-refractivity contribution is -0.161. The second-order valence-corrected chi connectivity index (χ2v) is 31.4.